The van der Waals surface area contributed by atoms with Gasteiger partial charge in [0.15, 0.2) is 0 Å². The molecule has 3 N–H and O–H groups in total. The Labute approximate surface area is 151 Å². The lowest BCUT2D eigenvalue weighted by Gasteiger charge is -2.12. The molecule has 0 aromatic heterocycles. The SMILES string of the molecule is CCCCCC/C=C\CCCCCCCCOP(=O)(O)OP(=O)(O)O. The number of phosphoric acid groups is 2. The van der Waals surface area contributed by atoms with Crippen molar-refractivity contribution in [2.75, 3.05) is 6.61 Å². The van der Waals surface area contributed by atoms with Crippen LogP contribution in [-0.4, -0.2) is 21.3 Å². The molecule has 150 valence electrons. The summed E-state index contributed by atoms with van der Waals surface area (Å²) in [5.41, 5.74) is 0. The Morgan fingerprint density at radius 1 is 0.760 bits per heavy atom. The van der Waals surface area contributed by atoms with Crippen molar-refractivity contribution in [1.29, 1.82) is 0 Å². The van der Waals surface area contributed by atoms with Crippen LogP contribution in [0.4, 0.5) is 0 Å². The van der Waals surface area contributed by atoms with E-state index in [1.165, 1.54) is 38.5 Å². The van der Waals surface area contributed by atoms with E-state index in [9.17, 15) is 9.13 Å². The fourth-order valence-electron chi connectivity index (χ4n) is 2.33. The van der Waals surface area contributed by atoms with E-state index in [1.54, 1.807) is 0 Å². The van der Waals surface area contributed by atoms with Gasteiger partial charge in [0.25, 0.3) is 0 Å². The largest absolute Gasteiger partial charge is 0.481 e. The Balaban J connectivity index is 3.38. The highest BCUT2D eigenvalue weighted by Crippen LogP contribution is 2.57. The van der Waals surface area contributed by atoms with E-state index in [-0.39, 0.29) is 6.61 Å². The number of rotatable bonds is 17. The van der Waals surface area contributed by atoms with E-state index in [2.05, 4.69) is 27.9 Å². The van der Waals surface area contributed by atoms with Gasteiger partial charge in [-0.15, -0.1) is 0 Å². The Bertz CT molecular complexity index is 434. The minimum absolute atomic E-state index is 0.0610. The molecule has 0 spiro atoms. The summed E-state index contributed by atoms with van der Waals surface area (Å²) in [7, 11) is -9.69. The Hall–Kier alpha value is -0.0000000000000000416. The minimum atomic E-state index is -5.02. The summed E-state index contributed by atoms with van der Waals surface area (Å²) in [4.78, 5) is 26.0. The summed E-state index contributed by atoms with van der Waals surface area (Å²) in [6.45, 7) is 2.16. The van der Waals surface area contributed by atoms with Gasteiger partial charge in [-0.05, 0) is 32.1 Å². The molecular formula is C16H34O7P2. The fourth-order valence-corrected chi connectivity index (χ4v) is 3.96. The first-order chi connectivity index (χ1) is 11.8. The van der Waals surface area contributed by atoms with Crippen LogP contribution in [0.3, 0.4) is 0 Å². The topological polar surface area (TPSA) is 113 Å². The molecular weight excluding hydrogens is 366 g/mol. The molecule has 1 unspecified atom stereocenters. The van der Waals surface area contributed by atoms with Gasteiger partial charge < -0.3 is 14.7 Å². The minimum Gasteiger partial charge on any atom is -0.302 e. The molecule has 1 atom stereocenters. The predicted molar refractivity (Wildman–Crippen MR) is 99.1 cm³/mol. The van der Waals surface area contributed by atoms with Gasteiger partial charge in [-0.25, -0.2) is 9.13 Å². The molecule has 0 aliphatic rings. The Kier molecular flexibility index (Phi) is 15.1. The summed E-state index contributed by atoms with van der Waals surface area (Å²) < 4.78 is 29.8. The molecule has 0 aromatic rings. The lowest BCUT2D eigenvalue weighted by atomic mass is 10.1. The maximum atomic E-state index is 11.2. The molecule has 0 rings (SSSR count). The highest BCUT2D eigenvalue weighted by Gasteiger charge is 2.31. The van der Waals surface area contributed by atoms with Crippen LogP contribution in [0.1, 0.15) is 84.0 Å². The standard InChI is InChI=1S/C16H34O7P2/c1-2-3-4-5-6-7-8-9-10-11-12-13-14-15-16-22-25(20,21)23-24(17,18)19/h7-8H,2-6,9-16H2,1H3,(H,20,21)(H2,17,18,19)/b8-7-. The number of phosphoric ester groups is 1. The van der Waals surface area contributed by atoms with Crippen LogP contribution in [-0.2, 0) is 18.0 Å². The van der Waals surface area contributed by atoms with Crippen molar-refractivity contribution in [1.82, 2.24) is 0 Å². The van der Waals surface area contributed by atoms with Gasteiger partial charge in [-0.3, -0.25) is 4.52 Å². The Morgan fingerprint density at radius 2 is 1.24 bits per heavy atom. The maximum Gasteiger partial charge on any atom is 0.481 e. The van der Waals surface area contributed by atoms with Crippen molar-refractivity contribution in [2.24, 2.45) is 0 Å². The summed E-state index contributed by atoms with van der Waals surface area (Å²) in [5.74, 6) is 0. The second kappa shape index (κ2) is 15.1. The third-order valence-electron chi connectivity index (χ3n) is 3.62. The van der Waals surface area contributed by atoms with Crippen LogP contribution < -0.4 is 0 Å². The van der Waals surface area contributed by atoms with E-state index in [1.807, 2.05) is 0 Å². The Morgan fingerprint density at radius 3 is 1.76 bits per heavy atom. The van der Waals surface area contributed by atoms with Crippen LogP contribution in [0.5, 0.6) is 0 Å². The first-order valence-electron chi connectivity index (χ1n) is 9.16. The monoisotopic (exact) mass is 400 g/mol. The van der Waals surface area contributed by atoms with Crippen molar-refractivity contribution in [3.8, 4) is 0 Å². The first-order valence-corrected chi connectivity index (χ1v) is 12.2. The van der Waals surface area contributed by atoms with E-state index in [0.717, 1.165) is 32.1 Å². The molecule has 0 saturated heterocycles. The fraction of sp³-hybridized carbons (Fsp3) is 0.875. The summed E-state index contributed by atoms with van der Waals surface area (Å²) in [6.07, 6.45) is 17.8. The quantitative estimate of drug-likeness (QED) is 0.168. The van der Waals surface area contributed by atoms with Crippen LogP contribution in [0.2, 0.25) is 0 Å². The molecule has 0 fully saturated rings. The lowest BCUT2D eigenvalue weighted by Crippen LogP contribution is -1.96. The molecule has 0 aromatic carbocycles. The van der Waals surface area contributed by atoms with Crippen LogP contribution in [0.15, 0.2) is 12.2 Å². The third-order valence-corrected chi connectivity index (χ3v) is 5.81. The van der Waals surface area contributed by atoms with E-state index in [0.29, 0.717) is 6.42 Å². The van der Waals surface area contributed by atoms with Gasteiger partial charge >= 0.3 is 15.6 Å². The molecule has 0 saturated carbocycles. The van der Waals surface area contributed by atoms with Gasteiger partial charge in [0, 0.05) is 0 Å². The molecule has 0 radical (unpaired) electrons. The average molecular weight is 400 g/mol. The van der Waals surface area contributed by atoms with Gasteiger partial charge in [0.05, 0.1) is 6.61 Å². The number of hydrogen-bond acceptors (Lipinski definition) is 4. The number of unbranched alkanes of at least 4 members (excludes halogenated alkanes) is 10. The van der Waals surface area contributed by atoms with Crippen LogP contribution >= 0.6 is 15.6 Å². The smallest absolute Gasteiger partial charge is 0.302 e. The van der Waals surface area contributed by atoms with Crippen molar-refractivity contribution in [3.63, 3.8) is 0 Å². The molecule has 0 aliphatic heterocycles. The molecule has 25 heavy (non-hydrogen) atoms. The second-order valence-corrected chi connectivity index (χ2v) is 8.93. The van der Waals surface area contributed by atoms with E-state index < -0.39 is 15.6 Å². The predicted octanol–water partition coefficient (Wildman–Crippen LogP) is 5.47. The van der Waals surface area contributed by atoms with E-state index >= 15 is 0 Å². The normalized spacial score (nSPS) is 14.9. The highest BCUT2D eigenvalue weighted by atomic mass is 31.3. The zero-order valence-electron chi connectivity index (χ0n) is 15.2. The van der Waals surface area contributed by atoms with Crippen molar-refractivity contribution >= 4 is 15.6 Å². The van der Waals surface area contributed by atoms with Crippen molar-refractivity contribution < 1.29 is 32.6 Å². The second-order valence-electron chi connectivity index (χ2n) is 6.10. The van der Waals surface area contributed by atoms with Gasteiger partial charge in [0.1, 0.15) is 0 Å². The van der Waals surface area contributed by atoms with Crippen LogP contribution in [0, 0.1) is 0 Å². The molecule has 9 heteroatoms. The number of allylic oxidation sites excluding steroid dienone is 2. The lowest BCUT2D eigenvalue weighted by molar-refractivity contribution is 0.176. The van der Waals surface area contributed by atoms with Crippen LogP contribution in [0.25, 0.3) is 0 Å². The number of hydrogen-bond donors (Lipinski definition) is 3. The summed E-state index contributed by atoms with van der Waals surface area (Å²) in [6, 6.07) is 0. The molecule has 7 nitrogen and oxygen atoms in total. The zero-order valence-corrected chi connectivity index (χ0v) is 17.0. The van der Waals surface area contributed by atoms with Gasteiger partial charge in [-0.2, -0.15) is 4.31 Å². The van der Waals surface area contributed by atoms with Gasteiger partial charge in [0.2, 0.25) is 0 Å². The maximum absolute atomic E-state index is 11.2. The van der Waals surface area contributed by atoms with Crippen molar-refractivity contribution in [3.05, 3.63) is 12.2 Å². The molecule has 0 heterocycles. The van der Waals surface area contributed by atoms with Crippen molar-refractivity contribution in [2.45, 2.75) is 84.0 Å². The van der Waals surface area contributed by atoms with E-state index in [4.69, 9.17) is 14.7 Å². The average Bonchev–Trinajstić information content (AvgIpc) is 2.48. The zero-order chi connectivity index (χ0) is 19.0. The molecule has 0 aliphatic carbocycles. The summed E-state index contributed by atoms with van der Waals surface area (Å²) >= 11 is 0. The first kappa shape index (κ1) is 25.0. The third kappa shape index (κ3) is 20.2. The molecule has 0 amide bonds. The highest BCUT2D eigenvalue weighted by molar-refractivity contribution is 7.60. The molecule has 0 bridgehead atoms. The summed E-state index contributed by atoms with van der Waals surface area (Å²) in [5, 5.41) is 0. The van der Waals surface area contributed by atoms with Gasteiger partial charge in [-0.1, -0.05) is 64.0 Å².